The molecule has 7 heteroatoms. The van der Waals surface area contributed by atoms with Gasteiger partial charge in [0.1, 0.15) is 6.61 Å². The zero-order valence-corrected chi connectivity index (χ0v) is 15.1. The van der Waals surface area contributed by atoms with Gasteiger partial charge in [-0.3, -0.25) is 14.9 Å². The van der Waals surface area contributed by atoms with E-state index in [2.05, 4.69) is 22.3 Å². The number of amides is 2. The monoisotopic (exact) mass is 369 g/mol. The van der Waals surface area contributed by atoms with E-state index in [0.717, 1.165) is 18.5 Å². The Morgan fingerprint density at radius 1 is 1.15 bits per heavy atom. The second kappa shape index (κ2) is 8.66. The minimum absolute atomic E-state index is 0.155. The van der Waals surface area contributed by atoms with Crippen LogP contribution in [0.25, 0.3) is 0 Å². The molecule has 142 valence electrons. The average molecular weight is 369 g/mol. The lowest BCUT2D eigenvalue weighted by atomic mass is 9.95. The summed E-state index contributed by atoms with van der Waals surface area (Å²) in [5, 5.41) is 11.3. The first-order chi connectivity index (χ1) is 13.1. The van der Waals surface area contributed by atoms with Crippen LogP contribution < -0.4 is 10.8 Å². The molecule has 0 radical (unpaired) electrons. The SMILES string of the molecule is CN1Cc2ccccc2CC1COC(=O)NCc1ccc(C(=O)NO)cc1. The van der Waals surface area contributed by atoms with E-state index in [1.165, 1.54) is 11.1 Å². The molecule has 0 saturated heterocycles. The van der Waals surface area contributed by atoms with Gasteiger partial charge < -0.3 is 10.1 Å². The van der Waals surface area contributed by atoms with E-state index in [0.29, 0.717) is 18.7 Å². The number of hydroxylamine groups is 1. The molecule has 3 rings (SSSR count). The molecule has 1 aliphatic heterocycles. The molecular weight excluding hydrogens is 346 g/mol. The highest BCUT2D eigenvalue weighted by Gasteiger charge is 2.24. The van der Waals surface area contributed by atoms with Crippen molar-refractivity contribution < 1.29 is 19.5 Å². The van der Waals surface area contributed by atoms with Gasteiger partial charge in [-0.15, -0.1) is 0 Å². The minimum Gasteiger partial charge on any atom is -0.448 e. The molecule has 0 bridgehead atoms. The predicted molar refractivity (Wildman–Crippen MR) is 99.3 cm³/mol. The molecule has 1 unspecified atom stereocenters. The van der Waals surface area contributed by atoms with Crippen molar-refractivity contribution in [3.8, 4) is 0 Å². The quantitative estimate of drug-likeness (QED) is 0.555. The van der Waals surface area contributed by atoms with Crippen LogP contribution in [0.5, 0.6) is 0 Å². The molecule has 0 aromatic heterocycles. The number of likely N-dealkylation sites (N-methyl/N-ethyl adjacent to an activating group) is 1. The topological polar surface area (TPSA) is 90.9 Å². The summed E-state index contributed by atoms with van der Waals surface area (Å²) in [6.07, 6.45) is 0.383. The highest BCUT2D eigenvalue weighted by atomic mass is 16.5. The molecule has 1 heterocycles. The van der Waals surface area contributed by atoms with Gasteiger partial charge in [-0.25, -0.2) is 10.3 Å². The van der Waals surface area contributed by atoms with Gasteiger partial charge in [0.05, 0.1) is 0 Å². The number of rotatable bonds is 5. The van der Waals surface area contributed by atoms with Crippen molar-refractivity contribution in [1.82, 2.24) is 15.7 Å². The van der Waals surface area contributed by atoms with Crippen molar-refractivity contribution >= 4 is 12.0 Å². The largest absolute Gasteiger partial charge is 0.448 e. The van der Waals surface area contributed by atoms with E-state index >= 15 is 0 Å². The first kappa shape index (κ1) is 18.9. The van der Waals surface area contributed by atoms with Crippen LogP contribution in [0.2, 0.25) is 0 Å². The van der Waals surface area contributed by atoms with Crippen LogP contribution in [0, 0.1) is 0 Å². The maximum absolute atomic E-state index is 12.0. The van der Waals surface area contributed by atoms with Crippen LogP contribution in [0.1, 0.15) is 27.0 Å². The van der Waals surface area contributed by atoms with Crippen molar-refractivity contribution in [2.75, 3.05) is 13.7 Å². The molecule has 2 aromatic rings. The maximum atomic E-state index is 12.0. The summed E-state index contributed by atoms with van der Waals surface area (Å²) < 4.78 is 5.38. The van der Waals surface area contributed by atoms with Crippen LogP contribution in [0.3, 0.4) is 0 Å². The van der Waals surface area contributed by atoms with Crippen molar-refractivity contribution in [2.45, 2.75) is 25.6 Å². The summed E-state index contributed by atoms with van der Waals surface area (Å²) in [5.74, 6) is -0.577. The summed E-state index contributed by atoms with van der Waals surface area (Å²) in [6, 6.07) is 15.0. The van der Waals surface area contributed by atoms with E-state index in [9.17, 15) is 9.59 Å². The number of ether oxygens (including phenoxy) is 1. The Kier molecular flexibility index (Phi) is 6.05. The number of carbonyl (C=O) groups excluding carboxylic acids is 2. The number of alkyl carbamates (subject to hydrolysis) is 1. The zero-order chi connectivity index (χ0) is 19.2. The molecule has 2 aromatic carbocycles. The van der Waals surface area contributed by atoms with Gasteiger partial charge in [0, 0.05) is 24.7 Å². The van der Waals surface area contributed by atoms with Gasteiger partial charge in [-0.2, -0.15) is 0 Å². The van der Waals surface area contributed by atoms with E-state index < -0.39 is 12.0 Å². The fraction of sp³-hybridized carbons (Fsp3) is 0.300. The molecule has 2 amide bonds. The molecule has 3 N–H and O–H groups in total. The summed E-state index contributed by atoms with van der Waals surface area (Å²) in [7, 11) is 2.03. The molecule has 7 nitrogen and oxygen atoms in total. The number of hydrogen-bond donors (Lipinski definition) is 3. The fourth-order valence-corrected chi connectivity index (χ4v) is 3.14. The lowest BCUT2D eigenvalue weighted by molar-refractivity contribution is 0.0706. The number of nitrogens with zero attached hydrogens (tertiary/aromatic N) is 1. The molecule has 0 fully saturated rings. The summed E-state index contributed by atoms with van der Waals surface area (Å²) in [6.45, 7) is 1.47. The number of hydrogen-bond acceptors (Lipinski definition) is 5. The second-order valence-electron chi connectivity index (χ2n) is 6.63. The normalized spacial score (nSPS) is 16.3. The molecule has 0 aliphatic carbocycles. The first-order valence-corrected chi connectivity index (χ1v) is 8.78. The molecule has 27 heavy (non-hydrogen) atoms. The van der Waals surface area contributed by atoms with Crippen molar-refractivity contribution in [2.24, 2.45) is 0 Å². The fourth-order valence-electron chi connectivity index (χ4n) is 3.14. The third kappa shape index (κ3) is 4.84. The Labute approximate surface area is 157 Å². The molecule has 0 spiro atoms. The minimum atomic E-state index is -0.577. The van der Waals surface area contributed by atoms with Crippen LogP contribution >= 0.6 is 0 Å². The number of nitrogens with one attached hydrogen (secondary N) is 2. The van der Waals surface area contributed by atoms with Crippen LogP contribution in [0.4, 0.5) is 4.79 Å². The van der Waals surface area contributed by atoms with Gasteiger partial charge in [-0.05, 0) is 42.3 Å². The standard InChI is InChI=1S/C20H23N3O4/c1-23-12-17-5-3-2-4-16(17)10-18(23)13-27-20(25)21-11-14-6-8-15(9-7-14)19(24)22-26/h2-9,18,26H,10-13H2,1H3,(H,21,25)(H,22,24). The maximum Gasteiger partial charge on any atom is 0.407 e. The Morgan fingerprint density at radius 3 is 2.56 bits per heavy atom. The van der Waals surface area contributed by atoms with Gasteiger partial charge in [0.25, 0.3) is 5.91 Å². The number of fused-ring (bicyclic) bond motifs is 1. The Morgan fingerprint density at radius 2 is 1.85 bits per heavy atom. The number of carbonyl (C=O) groups is 2. The predicted octanol–water partition coefficient (Wildman–Crippen LogP) is 2.09. The Bertz CT molecular complexity index is 807. The summed E-state index contributed by atoms with van der Waals surface area (Å²) in [4.78, 5) is 25.5. The summed E-state index contributed by atoms with van der Waals surface area (Å²) in [5.41, 5.74) is 5.36. The average Bonchev–Trinajstić information content (AvgIpc) is 2.70. The van der Waals surface area contributed by atoms with Crippen molar-refractivity contribution in [3.05, 3.63) is 70.8 Å². The van der Waals surface area contributed by atoms with Crippen LogP contribution in [-0.4, -0.2) is 41.8 Å². The number of benzene rings is 2. The van der Waals surface area contributed by atoms with Crippen molar-refractivity contribution in [3.63, 3.8) is 0 Å². The van der Waals surface area contributed by atoms with Gasteiger partial charge in [0.2, 0.25) is 0 Å². The summed E-state index contributed by atoms with van der Waals surface area (Å²) >= 11 is 0. The Balaban J connectivity index is 1.45. The van der Waals surface area contributed by atoms with E-state index in [1.807, 2.05) is 19.2 Å². The lowest BCUT2D eigenvalue weighted by Gasteiger charge is -2.33. The van der Waals surface area contributed by atoms with E-state index in [-0.39, 0.29) is 6.04 Å². The first-order valence-electron chi connectivity index (χ1n) is 8.78. The smallest absolute Gasteiger partial charge is 0.407 e. The van der Waals surface area contributed by atoms with Crippen molar-refractivity contribution in [1.29, 1.82) is 0 Å². The third-order valence-corrected chi connectivity index (χ3v) is 4.78. The van der Waals surface area contributed by atoms with Gasteiger partial charge in [0.15, 0.2) is 0 Å². The Hall–Kier alpha value is -2.90. The van der Waals surface area contributed by atoms with E-state index in [1.54, 1.807) is 29.7 Å². The molecule has 0 saturated carbocycles. The second-order valence-corrected chi connectivity index (χ2v) is 6.63. The van der Waals surface area contributed by atoms with Gasteiger partial charge >= 0.3 is 6.09 Å². The third-order valence-electron chi connectivity index (χ3n) is 4.78. The molecule has 1 atom stereocenters. The lowest BCUT2D eigenvalue weighted by Crippen LogP contribution is -2.42. The van der Waals surface area contributed by atoms with E-state index in [4.69, 9.17) is 9.94 Å². The van der Waals surface area contributed by atoms with Crippen LogP contribution in [-0.2, 0) is 24.2 Å². The highest BCUT2D eigenvalue weighted by molar-refractivity contribution is 5.93. The zero-order valence-electron chi connectivity index (χ0n) is 15.1. The highest BCUT2D eigenvalue weighted by Crippen LogP contribution is 2.22. The van der Waals surface area contributed by atoms with Gasteiger partial charge in [-0.1, -0.05) is 36.4 Å². The van der Waals surface area contributed by atoms with Crippen LogP contribution in [0.15, 0.2) is 48.5 Å². The molecular formula is C20H23N3O4. The molecule has 1 aliphatic rings.